The third-order valence-corrected chi connectivity index (χ3v) is 2.95. The van der Waals surface area contributed by atoms with Gasteiger partial charge in [0.05, 0.1) is 5.56 Å². The van der Waals surface area contributed by atoms with Crippen LogP contribution in [0.25, 0.3) is 0 Å². The number of nitrogen functional groups attached to an aromatic ring is 1. The van der Waals surface area contributed by atoms with Gasteiger partial charge in [-0.2, -0.15) is 13.2 Å². The zero-order valence-corrected chi connectivity index (χ0v) is 11.8. The van der Waals surface area contributed by atoms with E-state index in [1.54, 1.807) is 4.90 Å². The number of amides is 1. The van der Waals surface area contributed by atoms with E-state index in [-0.39, 0.29) is 17.3 Å². The largest absolute Gasteiger partial charge is 0.418 e. The molecular weight excluding hydrogens is 269 g/mol. The summed E-state index contributed by atoms with van der Waals surface area (Å²) >= 11 is 0. The molecular formula is C14H19F3N2O. The number of rotatable bonds is 4. The first-order chi connectivity index (χ1) is 9.18. The van der Waals surface area contributed by atoms with Crippen molar-refractivity contribution in [3.8, 4) is 0 Å². The van der Waals surface area contributed by atoms with Crippen LogP contribution in [-0.4, -0.2) is 23.4 Å². The van der Waals surface area contributed by atoms with Gasteiger partial charge in [-0.15, -0.1) is 0 Å². The first kappa shape index (κ1) is 16.3. The summed E-state index contributed by atoms with van der Waals surface area (Å²) in [6.45, 7) is 6.07. The Hall–Kier alpha value is -1.72. The van der Waals surface area contributed by atoms with Crippen molar-refractivity contribution >= 4 is 11.6 Å². The van der Waals surface area contributed by atoms with E-state index in [2.05, 4.69) is 0 Å². The zero-order chi connectivity index (χ0) is 15.5. The maximum atomic E-state index is 12.8. The molecule has 1 amide bonds. The number of nitrogens with two attached hydrogens (primary N) is 1. The fourth-order valence-electron chi connectivity index (χ4n) is 1.94. The highest BCUT2D eigenvalue weighted by Crippen LogP contribution is 2.34. The number of nitrogens with zero attached hydrogens (tertiary/aromatic N) is 1. The molecule has 6 heteroatoms. The molecule has 1 rings (SSSR count). The first-order valence-corrected chi connectivity index (χ1v) is 6.46. The van der Waals surface area contributed by atoms with Gasteiger partial charge in [-0.25, -0.2) is 0 Å². The van der Waals surface area contributed by atoms with Crippen molar-refractivity contribution in [2.75, 3.05) is 12.3 Å². The number of benzene rings is 1. The smallest absolute Gasteiger partial charge is 0.398 e. The fourth-order valence-corrected chi connectivity index (χ4v) is 1.94. The number of hydrogen-bond acceptors (Lipinski definition) is 2. The summed E-state index contributed by atoms with van der Waals surface area (Å²) in [4.78, 5) is 13.8. The molecule has 20 heavy (non-hydrogen) atoms. The van der Waals surface area contributed by atoms with Crippen LogP contribution in [0.1, 0.15) is 43.1 Å². The summed E-state index contributed by atoms with van der Waals surface area (Å²) in [5.74, 6) is -0.410. The van der Waals surface area contributed by atoms with Crippen molar-refractivity contribution in [3.05, 3.63) is 29.3 Å². The van der Waals surface area contributed by atoms with Crippen molar-refractivity contribution in [2.45, 2.75) is 39.4 Å². The second kappa shape index (κ2) is 6.15. The lowest BCUT2D eigenvalue weighted by atomic mass is 10.1. The summed E-state index contributed by atoms with van der Waals surface area (Å²) in [5.41, 5.74) is 3.99. The molecule has 0 aliphatic carbocycles. The predicted octanol–water partition coefficient (Wildman–Crippen LogP) is 3.55. The Bertz CT molecular complexity index is 484. The van der Waals surface area contributed by atoms with Crippen LogP contribution in [0.15, 0.2) is 18.2 Å². The minimum atomic E-state index is -4.56. The molecule has 0 saturated heterocycles. The Morgan fingerprint density at radius 3 is 2.40 bits per heavy atom. The Labute approximate surface area is 116 Å². The highest BCUT2D eigenvalue weighted by Gasteiger charge is 2.34. The van der Waals surface area contributed by atoms with E-state index in [0.29, 0.717) is 6.54 Å². The zero-order valence-electron chi connectivity index (χ0n) is 11.8. The van der Waals surface area contributed by atoms with Gasteiger partial charge in [0.2, 0.25) is 0 Å². The lowest BCUT2D eigenvalue weighted by molar-refractivity contribution is -0.136. The molecule has 0 aliphatic heterocycles. The standard InChI is InChI=1S/C14H19F3N2O/c1-4-7-19(9(2)3)13(20)10-5-6-12(18)11(8-10)14(15,16)17/h5-6,8-9H,4,7,18H2,1-3H3. The molecule has 0 bridgehead atoms. The van der Waals surface area contributed by atoms with Crippen LogP contribution in [0.5, 0.6) is 0 Å². The normalized spacial score (nSPS) is 11.8. The highest BCUT2D eigenvalue weighted by atomic mass is 19.4. The summed E-state index contributed by atoms with van der Waals surface area (Å²) in [6.07, 6.45) is -3.82. The van der Waals surface area contributed by atoms with Crippen molar-refractivity contribution in [1.82, 2.24) is 4.90 Å². The van der Waals surface area contributed by atoms with E-state index < -0.39 is 17.6 Å². The van der Waals surface area contributed by atoms with Gasteiger partial charge < -0.3 is 10.6 Å². The van der Waals surface area contributed by atoms with E-state index in [1.165, 1.54) is 6.07 Å². The summed E-state index contributed by atoms with van der Waals surface area (Å²) in [7, 11) is 0. The van der Waals surface area contributed by atoms with Gasteiger partial charge in [0, 0.05) is 23.8 Å². The Balaban J connectivity index is 3.17. The van der Waals surface area contributed by atoms with Gasteiger partial charge >= 0.3 is 6.18 Å². The summed E-state index contributed by atoms with van der Waals surface area (Å²) < 4.78 is 38.4. The van der Waals surface area contributed by atoms with E-state index in [4.69, 9.17) is 5.73 Å². The van der Waals surface area contributed by atoms with E-state index >= 15 is 0 Å². The van der Waals surface area contributed by atoms with Crippen LogP contribution < -0.4 is 5.73 Å². The Morgan fingerprint density at radius 1 is 1.35 bits per heavy atom. The van der Waals surface area contributed by atoms with Crippen molar-refractivity contribution in [3.63, 3.8) is 0 Å². The van der Waals surface area contributed by atoms with Gasteiger partial charge in [0.15, 0.2) is 0 Å². The molecule has 2 N–H and O–H groups in total. The fraction of sp³-hybridized carbons (Fsp3) is 0.500. The molecule has 0 aromatic heterocycles. The Kier molecular flexibility index (Phi) is 5.03. The molecule has 0 aliphatic rings. The third kappa shape index (κ3) is 3.65. The van der Waals surface area contributed by atoms with Crippen LogP contribution in [0, 0.1) is 0 Å². The molecule has 3 nitrogen and oxygen atoms in total. The first-order valence-electron chi connectivity index (χ1n) is 6.46. The van der Waals surface area contributed by atoms with Crippen molar-refractivity contribution in [1.29, 1.82) is 0 Å². The molecule has 0 fully saturated rings. The van der Waals surface area contributed by atoms with Gasteiger partial charge in [-0.05, 0) is 38.5 Å². The second-order valence-corrected chi connectivity index (χ2v) is 4.89. The predicted molar refractivity (Wildman–Crippen MR) is 72.3 cm³/mol. The molecule has 112 valence electrons. The number of carbonyl (C=O) groups excluding carboxylic acids is 1. The maximum Gasteiger partial charge on any atom is 0.418 e. The molecule has 1 aromatic carbocycles. The van der Waals surface area contributed by atoms with Crippen LogP contribution in [0.3, 0.4) is 0 Å². The van der Waals surface area contributed by atoms with Crippen molar-refractivity contribution < 1.29 is 18.0 Å². The molecule has 0 saturated carbocycles. The third-order valence-electron chi connectivity index (χ3n) is 2.95. The number of hydrogen-bond donors (Lipinski definition) is 1. The number of alkyl halides is 3. The minimum absolute atomic E-state index is 0.00803. The molecule has 0 radical (unpaired) electrons. The van der Waals surface area contributed by atoms with Gasteiger partial charge in [0.25, 0.3) is 5.91 Å². The molecule has 0 heterocycles. The quantitative estimate of drug-likeness (QED) is 0.861. The van der Waals surface area contributed by atoms with E-state index in [1.807, 2.05) is 20.8 Å². The monoisotopic (exact) mass is 288 g/mol. The Morgan fingerprint density at radius 2 is 1.95 bits per heavy atom. The number of halogens is 3. The van der Waals surface area contributed by atoms with Gasteiger partial charge in [0.1, 0.15) is 0 Å². The average molecular weight is 288 g/mol. The number of anilines is 1. The lowest BCUT2D eigenvalue weighted by Gasteiger charge is -2.26. The second-order valence-electron chi connectivity index (χ2n) is 4.89. The van der Waals surface area contributed by atoms with Crippen LogP contribution in [0.2, 0.25) is 0 Å². The minimum Gasteiger partial charge on any atom is -0.398 e. The van der Waals surface area contributed by atoms with Gasteiger partial charge in [-0.3, -0.25) is 4.79 Å². The van der Waals surface area contributed by atoms with E-state index in [9.17, 15) is 18.0 Å². The lowest BCUT2D eigenvalue weighted by Crippen LogP contribution is -2.37. The van der Waals surface area contributed by atoms with Crippen LogP contribution in [-0.2, 0) is 6.18 Å². The average Bonchev–Trinajstić information content (AvgIpc) is 2.34. The summed E-state index contributed by atoms with van der Waals surface area (Å²) in [6, 6.07) is 3.20. The van der Waals surface area contributed by atoms with Gasteiger partial charge in [-0.1, -0.05) is 6.92 Å². The van der Waals surface area contributed by atoms with Crippen LogP contribution in [0.4, 0.5) is 18.9 Å². The SMILES string of the molecule is CCCN(C(=O)c1ccc(N)c(C(F)(F)F)c1)C(C)C. The number of carbonyl (C=O) groups is 1. The maximum absolute atomic E-state index is 12.8. The van der Waals surface area contributed by atoms with Crippen LogP contribution >= 0.6 is 0 Å². The van der Waals surface area contributed by atoms with E-state index in [0.717, 1.165) is 18.6 Å². The summed E-state index contributed by atoms with van der Waals surface area (Å²) in [5, 5.41) is 0. The topological polar surface area (TPSA) is 46.3 Å². The highest BCUT2D eigenvalue weighted by molar-refractivity contribution is 5.95. The molecule has 0 unspecified atom stereocenters. The van der Waals surface area contributed by atoms with Crippen molar-refractivity contribution in [2.24, 2.45) is 0 Å². The molecule has 0 atom stereocenters. The molecule has 1 aromatic rings. The molecule has 0 spiro atoms.